The van der Waals surface area contributed by atoms with Crippen molar-refractivity contribution in [3.8, 4) is 0 Å². The Morgan fingerprint density at radius 1 is 1.21 bits per heavy atom. The van der Waals surface area contributed by atoms with Crippen molar-refractivity contribution in [2.75, 3.05) is 11.9 Å². The molecule has 1 saturated carbocycles. The van der Waals surface area contributed by atoms with Crippen molar-refractivity contribution < 1.29 is 9.59 Å². The molecule has 130 valence electrons. The van der Waals surface area contributed by atoms with Gasteiger partial charge in [-0.15, -0.1) is 0 Å². The van der Waals surface area contributed by atoms with Crippen molar-refractivity contribution in [1.29, 1.82) is 0 Å². The van der Waals surface area contributed by atoms with Gasteiger partial charge in [0.05, 0.1) is 11.8 Å². The van der Waals surface area contributed by atoms with E-state index in [1.54, 1.807) is 0 Å². The topological polar surface area (TPSA) is 49.4 Å². The maximum absolute atomic E-state index is 12.8. The summed E-state index contributed by atoms with van der Waals surface area (Å²) >= 11 is 0. The van der Waals surface area contributed by atoms with E-state index >= 15 is 0 Å². The van der Waals surface area contributed by atoms with Gasteiger partial charge in [0.1, 0.15) is 0 Å². The molecule has 1 N–H and O–H groups in total. The summed E-state index contributed by atoms with van der Waals surface area (Å²) in [6, 6.07) is 6.29. The summed E-state index contributed by atoms with van der Waals surface area (Å²) in [5, 5.41) is 3.02. The number of aryl methyl sites for hydroxylation is 1. The SMILES string of the molecule is CCC1CCCCN1C(=O)C1CC1C(=O)Nc1cccc(C)c1C. The van der Waals surface area contributed by atoms with Gasteiger partial charge in [0.25, 0.3) is 0 Å². The molecule has 1 aliphatic carbocycles. The summed E-state index contributed by atoms with van der Waals surface area (Å²) in [6.45, 7) is 7.06. The summed E-state index contributed by atoms with van der Waals surface area (Å²) in [4.78, 5) is 27.3. The van der Waals surface area contributed by atoms with Crippen molar-refractivity contribution in [1.82, 2.24) is 4.90 Å². The van der Waals surface area contributed by atoms with Crippen LogP contribution in [0.25, 0.3) is 0 Å². The van der Waals surface area contributed by atoms with Gasteiger partial charge in [-0.2, -0.15) is 0 Å². The number of anilines is 1. The summed E-state index contributed by atoms with van der Waals surface area (Å²) in [6.07, 6.45) is 5.12. The Kier molecular flexibility index (Phi) is 4.93. The van der Waals surface area contributed by atoms with Crippen LogP contribution in [0, 0.1) is 25.7 Å². The van der Waals surface area contributed by atoms with Crippen LogP contribution in [0.3, 0.4) is 0 Å². The minimum atomic E-state index is -0.156. The van der Waals surface area contributed by atoms with Crippen LogP contribution >= 0.6 is 0 Å². The molecule has 3 unspecified atom stereocenters. The van der Waals surface area contributed by atoms with Crippen LogP contribution < -0.4 is 5.32 Å². The van der Waals surface area contributed by atoms with E-state index < -0.39 is 0 Å². The number of nitrogens with zero attached hydrogens (tertiary/aromatic N) is 1. The number of rotatable bonds is 4. The van der Waals surface area contributed by atoms with E-state index in [1.807, 2.05) is 36.9 Å². The molecule has 24 heavy (non-hydrogen) atoms. The zero-order chi connectivity index (χ0) is 17.3. The van der Waals surface area contributed by atoms with Crippen LogP contribution in [-0.4, -0.2) is 29.3 Å². The maximum Gasteiger partial charge on any atom is 0.228 e. The van der Waals surface area contributed by atoms with E-state index in [4.69, 9.17) is 0 Å². The van der Waals surface area contributed by atoms with Gasteiger partial charge in [-0.25, -0.2) is 0 Å². The molecule has 4 heteroatoms. The fraction of sp³-hybridized carbons (Fsp3) is 0.600. The summed E-state index contributed by atoms with van der Waals surface area (Å²) in [5.41, 5.74) is 3.12. The van der Waals surface area contributed by atoms with Gasteiger partial charge < -0.3 is 10.2 Å². The summed E-state index contributed by atoms with van der Waals surface area (Å²) in [5.74, 6) is -0.0751. The van der Waals surface area contributed by atoms with Crippen molar-refractivity contribution >= 4 is 17.5 Å². The van der Waals surface area contributed by atoms with Crippen LogP contribution in [0.5, 0.6) is 0 Å². The Morgan fingerprint density at radius 2 is 2.00 bits per heavy atom. The highest BCUT2D eigenvalue weighted by atomic mass is 16.2. The molecule has 0 aromatic heterocycles. The number of benzene rings is 1. The highest BCUT2D eigenvalue weighted by Gasteiger charge is 2.50. The lowest BCUT2D eigenvalue weighted by atomic mass is 9.99. The van der Waals surface area contributed by atoms with E-state index in [-0.39, 0.29) is 23.7 Å². The zero-order valence-electron chi connectivity index (χ0n) is 15.0. The number of nitrogens with one attached hydrogen (secondary N) is 1. The van der Waals surface area contributed by atoms with Crippen LogP contribution in [0.15, 0.2) is 18.2 Å². The summed E-state index contributed by atoms with van der Waals surface area (Å²) in [7, 11) is 0. The second-order valence-electron chi connectivity index (χ2n) is 7.27. The molecule has 3 atom stereocenters. The number of hydrogen-bond acceptors (Lipinski definition) is 2. The van der Waals surface area contributed by atoms with Crippen molar-refractivity contribution in [2.45, 2.75) is 58.9 Å². The predicted octanol–water partition coefficient (Wildman–Crippen LogP) is 3.67. The molecule has 0 bridgehead atoms. The first-order valence-electron chi connectivity index (χ1n) is 9.20. The van der Waals surface area contributed by atoms with Gasteiger partial charge in [-0.05, 0) is 63.1 Å². The largest absolute Gasteiger partial charge is 0.339 e. The smallest absolute Gasteiger partial charge is 0.228 e. The molecule has 2 amide bonds. The second kappa shape index (κ2) is 6.96. The van der Waals surface area contributed by atoms with Gasteiger partial charge >= 0.3 is 0 Å². The Morgan fingerprint density at radius 3 is 2.75 bits per heavy atom. The molecular weight excluding hydrogens is 300 g/mol. The van der Waals surface area contributed by atoms with Crippen LogP contribution in [0.2, 0.25) is 0 Å². The first-order chi connectivity index (χ1) is 11.5. The van der Waals surface area contributed by atoms with Crippen molar-refractivity contribution in [3.05, 3.63) is 29.3 Å². The molecule has 1 aliphatic heterocycles. The third-order valence-corrected chi connectivity index (χ3v) is 5.69. The normalized spacial score (nSPS) is 26.1. The highest BCUT2D eigenvalue weighted by molar-refractivity contribution is 6.00. The first kappa shape index (κ1) is 17.0. The van der Waals surface area contributed by atoms with E-state index in [2.05, 4.69) is 12.2 Å². The lowest BCUT2D eigenvalue weighted by molar-refractivity contribution is -0.137. The molecule has 0 radical (unpaired) electrons. The molecule has 3 rings (SSSR count). The van der Waals surface area contributed by atoms with Gasteiger partial charge in [-0.1, -0.05) is 19.1 Å². The molecule has 2 fully saturated rings. The van der Waals surface area contributed by atoms with Crippen LogP contribution in [-0.2, 0) is 9.59 Å². The molecular formula is C20H28N2O2. The Balaban J connectivity index is 1.61. The quantitative estimate of drug-likeness (QED) is 0.917. The van der Waals surface area contributed by atoms with Crippen LogP contribution in [0.4, 0.5) is 5.69 Å². The Bertz CT molecular complexity index is 641. The number of carbonyl (C=O) groups excluding carboxylic acids is 2. The predicted molar refractivity (Wildman–Crippen MR) is 95.8 cm³/mol. The van der Waals surface area contributed by atoms with E-state index in [1.165, 1.54) is 6.42 Å². The number of piperidine rings is 1. The zero-order valence-corrected chi connectivity index (χ0v) is 15.0. The molecule has 1 saturated heterocycles. The average Bonchev–Trinajstić information content (AvgIpc) is 3.39. The minimum Gasteiger partial charge on any atom is -0.339 e. The molecule has 1 aromatic carbocycles. The van der Waals surface area contributed by atoms with Gasteiger partial charge in [0.2, 0.25) is 11.8 Å². The average molecular weight is 328 g/mol. The van der Waals surface area contributed by atoms with Crippen molar-refractivity contribution in [2.24, 2.45) is 11.8 Å². The van der Waals surface area contributed by atoms with E-state index in [9.17, 15) is 9.59 Å². The summed E-state index contributed by atoms with van der Waals surface area (Å²) < 4.78 is 0. The third kappa shape index (κ3) is 3.33. The molecule has 1 heterocycles. The first-order valence-corrected chi connectivity index (χ1v) is 9.20. The molecule has 4 nitrogen and oxygen atoms in total. The van der Waals surface area contributed by atoms with Crippen LogP contribution in [0.1, 0.15) is 50.2 Å². The Labute approximate surface area is 144 Å². The van der Waals surface area contributed by atoms with Gasteiger partial charge in [0.15, 0.2) is 0 Å². The lowest BCUT2D eigenvalue weighted by Gasteiger charge is -2.35. The number of amides is 2. The molecule has 2 aliphatic rings. The molecule has 1 aromatic rings. The van der Waals surface area contributed by atoms with Crippen molar-refractivity contribution in [3.63, 3.8) is 0 Å². The van der Waals surface area contributed by atoms with E-state index in [0.717, 1.165) is 42.6 Å². The monoisotopic (exact) mass is 328 g/mol. The van der Waals surface area contributed by atoms with E-state index in [0.29, 0.717) is 12.5 Å². The maximum atomic E-state index is 12.8. The number of likely N-dealkylation sites (tertiary alicyclic amines) is 1. The second-order valence-corrected chi connectivity index (χ2v) is 7.27. The standard InChI is InChI=1S/C20H28N2O2/c1-4-15-9-5-6-11-22(15)20(24)17-12-16(17)19(23)21-18-10-7-8-13(2)14(18)3/h7-8,10,15-17H,4-6,9,11-12H2,1-3H3,(H,21,23). The fourth-order valence-electron chi connectivity index (χ4n) is 3.80. The van der Waals surface area contributed by atoms with Gasteiger partial charge in [0, 0.05) is 18.3 Å². The Hall–Kier alpha value is -1.84. The fourth-order valence-corrected chi connectivity index (χ4v) is 3.80. The number of hydrogen-bond donors (Lipinski definition) is 1. The highest BCUT2D eigenvalue weighted by Crippen LogP contribution is 2.42. The van der Waals surface area contributed by atoms with Gasteiger partial charge in [-0.3, -0.25) is 9.59 Å². The molecule has 0 spiro atoms. The minimum absolute atomic E-state index is 0.00731. The third-order valence-electron chi connectivity index (χ3n) is 5.69. The lowest BCUT2D eigenvalue weighted by Crippen LogP contribution is -2.44. The number of carbonyl (C=O) groups is 2.